The van der Waals surface area contributed by atoms with Crippen LogP contribution >= 0.6 is 11.8 Å². The number of H-pyrrole nitrogens is 1. The molecule has 4 fully saturated rings. The zero-order valence-electron chi connectivity index (χ0n) is 29.3. The van der Waals surface area contributed by atoms with Gasteiger partial charge in [0.1, 0.15) is 34.6 Å². The molecular weight excluding hydrogens is 706 g/mol. The molecule has 0 spiro atoms. The van der Waals surface area contributed by atoms with Crippen molar-refractivity contribution in [2.24, 2.45) is 11.8 Å². The Balaban J connectivity index is 0.777. The van der Waals surface area contributed by atoms with Crippen LogP contribution in [0.15, 0.2) is 35.1 Å². The smallest absolute Gasteiger partial charge is 0.262 e. The molecule has 3 saturated heterocycles. The zero-order valence-corrected chi connectivity index (χ0v) is 30.1. The first-order valence-corrected chi connectivity index (χ1v) is 19.5. The van der Waals surface area contributed by atoms with E-state index < -0.39 is 41.0 Å². The Morgan fingerprint density at radius 2 is 1.68 bits per heavy atom. The molecule has 280 valence electrons. The maximum atomic E-state index is 15.0. The van der Waals surface area contributed by atoms with Crippen molar-refractivity contribution in [1.29, 1.82) is 0 Å². The van der Waals surface area contributed by atoms with E-state index in [1.165, 1.54) is 6.07 Å². The lowest BCUT2D eigenvalue weighted by molar-refractivity contribution is -0.136. The zero-order chi connectivity index (χ0) is 36.6. The number of carbonyl (C=O) groups is 4. The van der Waals surface area contributed by atoms with Gasteiger partial charge < -0.3 is 24.1 Å². The number of piperidine rings is 2. The Labute approximate surface area is 309 Å². The molecule has 0 radical (unpaired) electrons. The normalized spacial score (nSPS) is 24.3. The molecule has 0 bridgehead atoms. The maximum Gasteiger partial charge on any atom is 0.262 e. The molecule has 53 heavy (non-hydrogen) atoms. The van der Waals surface area contributed by atoms with Crippen molar-refractivity contribution in [3.8, 4) is 11.5 Å². The Morgan fingerprint density at radius 3 is 2.45 bits per heavy atom. The van der Waals surface area contributed by atoms with Crippen LogP contribution in [0.2, 0.25) is 0 Å². The monoisotopic (exact) mass is 747 g/mol. The number of likely N-dealkylation sites (tertiary alicyclic amines) is 1. The van der Waals surface area contributed by atoms with Crippen molar-refractivity contribution < 1.29 is 37.8 Å². The Hall–Kier alpha value is -4.34. The summed E-state index contributed by atoms with van der Waals surface area (Å²) < 4.78 is 32.7. The SMILES string of the molecule is O=C1CCC(N2C(=O)c3ccc(O[C@H]4C[C@@H](CN5CCC(COc6cc(F)c7c(=O)[nH]c(CSC8CCOCC8)nc7c6)CC5)C4)cc3C2=O)C(=O)N1. The van der Waals surface area contributed by atoms with Gasteiger partial charge in [0.2, 0.25) is 11.8 Å². The summed E-state index contributed by atoms with van der Waals surface area (Å²) in [6, 6.07) is 6.77. The number of amides is 4. The summed E-state index contributed by atoms with van der Waals surface area (Å²) in [6.45, 7) is 4.81. The number of aromatic amines is 1. The van der Waals surface area contributed by atoms with E-state index in [-0.39, 0.29) is 35.5 Å². The fraction of sp³-hybridized carbons (Fsp3) is 0.526. The number of nitrogens with zero attached hydrogens (tertiary/aromatic N) is 3. The highest BCUT2D eigenvalue weighted by Crippen LogP contribution is 2.36. The number of aromatic nitrogens is 2. The second-order valence-corrected chi connectivity index (χ2v) is 16.0. The Morgan fingerprint density at radius 1 is 0.906 bits per heavy atom. The van der Waals surface area contributed by atoms with E-state index in [0.717, 1.165) is 76.3 Å². The van der Waals surface area contributed by atoms with E-state index in [1.54, 1.807) is 36.0 Å². The fourth-order valence-electron chi connectivity index (χ4n) is 7.99. The van der Waals surface area contributed by atoms with Crippen LogP contribution in [0.4, 0.5) is 4.39 Å². The van der Waals surface area contributed by atoms with E-state index in [2.05, 4.69) is 20.2 Å². The van der Waals surface area contributed by atoms with Crippen LogP contribution in [0.5, 0.6) is 11.5 Å². The molecule has 2 N–H and O–H groups in total. The summed E-state index contributed by atoms with van der Waals surface area (Å²) in [5, 5.41) is 2.62. The third kappa shape index (κ3) is 7.69. The molecule has 4 amide bonds. The second kappa shape index (κ2) is 15.2. The first-order valence-electron chi connectivity index (χ1n) is 18.5. The van der Waals surface area contributed by atoms with E-state index in [0.29, 0.717) is 52.3 Å². The molecule has 2 aromatic carbocycles. The van der Waals surface area contributed by atoms with Gasteiger partial charge in [-0.05, 0) is 88.1 Å². The van der Waals surface area contributed by atoms with Crippen LogP contribution < -0.4 is 20.3 Å². The lowest BCUT2D eigenvalue weighted by Gasteiger charge is -2.40. The van der Waals surface area contributed by atoms with E-state index in [1.807, 2.05) is 0 Å². The minimum absolute atomic E-state index is 0.0108. The number of ether oxygens (including phenoxy) is 3. The molecule has 8 rings (SSSR count). The number of fused-ring (bicyclic) bond motifs is 2. The van der Waals surface area contributed by atoms with Crippen LogP contribution in [0, 0.1) is 17.7 Å². The number of nitrogens with one attached hydrogen (secondary N) is 2. The molecule has 1 unspecified atom stereocenters. The van der Waals surface area contributed by atoms with Gasteiger partial charge in [0.15, 0.2) is 0 Å². The summed E-state index contributed by atoms with van der Waals surface area (Å²) in [5.41, 5.74) is 0.272. The van der Waals surface area contributed by atoms with Gasteiger partial charge in [0.05, 0.1) is 35.1 Å². The third-order valence-corrected chi connectivity index (χ3v) is 12.4. The maximum absolute atomic E-state index is 15.0. The number of hydrogen-bond donors (Lipinski definition) is 2. The van der Waals surface area contributed by atoms with Crippen molar-refractivity contribution in [1.82, 2.24) is 25.1 Å². The largest absolute Gasteiger partial charge is 0.493 e. The number of carbonyl (C=O) groups excluding carboxylic acids is 4. The minimum Gasteiger partial charge on any atom is -0.493 e. The van der Waals surface area contributed by atoms with Crippen LogP contribution in [-0.4, -0.2) is 100 Å². The average molecular weight is 748 g/mol. The molecular formula is C38H42FN5O8S. The number of benzene rings is 2. The van der Waals surface area contributed by atoms with Crippen molar-refractivity contribution in [2.45, 2.75) is 74.5 Å². The summed E-state index contributed by atoms with van der Waals surface area (Å²) >= 11 is 1.74. The van der Waals surface area contributed by atoms with Crippen molar-refractivity contribution in [3.05, 3.63) is 63.5 Å². The second-order valence-electron chi connectivity index (χ2n) is 14.7. The topological polar surface area (TPSA) is 160 Å². The van der Waals surface area contributed by atoms with Crippen molar-refractivity contribution >= 4 is 46.3 Å². The molecule has 4 aliphatic heterocycles. The molecule has 1 aromatic heterocycles. The number of thioether (sulfide) groups is 1. The fourth-order valence-corrected chi connectivity index (χ4v) is 9.05. The molecule has 5 heterocycles. The summed E-state index contributed by atoms with van der Waals surface area (Å²) in [4.78, 5) is 73.4. The quantitative estimate of drug-likeness (QED) is 0.275. The van der Waals surface area contributed by atoms with Crippen LogP contribution in [-0.2, 0) is 20.1 Å². The first-order chi connectivity index (χ1) is 25.7. The molecule has 3 aromatic rings. The Kier molecular flexibility index (Phi) is 10.2. The van der Waals surface area contributed by atoms with Crippen molar-refractivity contribution in [3.63, 3.8) is 0 Å². The summed E-state index contributed by atoms with van der Waals surface area (Å²) in [5.74, 6) is 0.0330. The molecule has 1 atom stereocenters. The Bertz CT molecular complexity index is 1990. The number of hydrogen-bond acceptors (Lipinski definition) is 11. The van der Waals surface area contributed by atoms with Crippen LogP contribution in [0.3, 0.4) is 0 Å². The minimum atomic E-state index is -1.00. The van der Waals surface area contributed by atoms with Crippen LogP contribution in [0.1, 0.15) is 77.9 Å². The van der Waals surface area contributed by atoms with E-state index >= 15 is 4.39 Å². The average Bonchev–Trinajstić information content (AvgIpc) is 3.37. The third-order valence-electron chi connectivity index (χ3n) is 11.0. The van der Waals surface area contributed by atoms with Gasteiger partial charge in [0.25, 0.3) is 17.4 Å². The van der Waals surface area contributed by atoms with Gasteiger partial charge in [-0.2, -0.15) is 11.8 Å². The van der Waals surface area contributed by atoms with Gasteiger partial charge in [-0.1, -0.05) is 0 Å². The van der Waals surface area contributed by atoms with E-state index in [9.17, 15) is 24.0 Å². The van der Waals surface area contributed by atoms with Gasteiger partial charge >= 0.3 is 0 Å². The molecule has 1 saturated carbocycles. The molecule has 15 heteroatoms. The summed E-state index contributed by atoms with van der Waals surface area (Å²) in [6.07, 6.45) is 5.83. The summed E-state index contributed by atoms with van der Waals surface area (Å²) in [7, 11) is 0. The van der Waals surface area contributed by atoms with Gasteiger partial charge in [-0.25, -0.2) is 9.37 Å². The van der Waals surface area contributed by atoms with Crippen molar-refractivity contribution in [2.75, 3.05) is 39.5 Å². The van der Waals surface area contributed by atoms with E-state index in [4.69, 9.17) is 14.2 Å². The predicted octanol–water partition coefficient (Wildman–Crippen LogP) is 3.82. The molecule has 5 aliphatic rings. The molecule has 1 aliphatic carbocycles. The number of imide groups is 2. The lowest BCUT2D eigenvalue weighted by atomic mass is 9.81. The first kappa shape index (κ1) is 35.7. The van der Waals surface area contributed by atoms with Crippen LogP contribution in [0.25, 0.3) is 10.9 Å². The predicted molar refractivity (Wildman–Crippen MR) is 192 cm³/mol. The van der Waals surface area contributed by atoms with Gasteiger partial charge in [0, 0.05) is 43.6 Å². The van der Waals surface area contributed by atoms with Gasteiger partial charge in [-0.15, -0.1) is 0 Å². The lowest BCUT2D eigenvalue weighted by Crippen LogP contribution is -2.54. The number of halogens is 1. The highest BCUT2D eigenvalue weighted by molar-refractivity contribution is 7.99. The standard InChI is InChI=1S/C38H42FN5O8S/c39-29-16-24(17-30-34(29)36(47)41-32(40-30)20-53-26-7-11-50-12-8-26)51-19-21-5-9-43(10-6-21)18-22-13-25(14-22)52-23-1-2-27-28(15-23)38(49)44(37(27)48)31-3-4-33(45)42-35(31)46/h1-2,15-17,21-22,25-26,31H,3-14,18-20H2,(H,40,41,47)(H,42,45,46)/t22-,25+,31?. The molecule has 13 nitrogen and oxygen atoms in total. The highest BCUT2D eigenvalue weighted by atomic mass is 32.2. The van der Waals surface area contributed by atoms with Gasteiger partial charge in [-0.3, -0.25) is 34.2 Å². The highest BCUT2D eigenvalue weighted by Gasteiger charge is 2.45. The number of rotatable bonds is 11.